The average molecular weight is 271 g/mol. The molecular formula is C16H17NO3. The van der Waals surface area contributed by atoms with Gasteiger partial charge in [0.25, 0.3) is 5.91 Å². The van der Waals surface area contributed by atoms with Gasteiger partial charge < -0.3 is 14.7 Å². The quantitative estimate of drug-likeness (QED) is 0.933. The number of aryl methyl sites for hydroxylation is 1. The number of amides is 1. The van der Waals surface area contributed by atoms with E-state index in [0.29, 0.717) is 0 Å². The lowest BCUT2D eigenvalue weighted by atomic mass is 10.1. The third-order valence-electron chi connectivity index (χ3n) is 3.14. The Morgan fingerprint density at radius 3 is 2.55 bits per heavy atom. The molecule has 0 bridgehead atoms. The van der Waals surface area contributed by atoms with Crippen LogP contribution in [0.25, 0.3) is 0 Å². The molecule has 20 heavy (non-hydrogen) atoms. The molecule has 104 valence electrons. The number of rotatable bonds is 3. The molecule has 0 aliphatic heterocycles. The number of phenols is 1. The molecule has 0 fully saturated rings. The topological polar surface area (TPSA) is 49.8 Å². The van der Waals surface area contributed by atoms with Gasteiger partial charge in [0.05, 0.1) is 12.7 Å². The molecule has 0 heterocycles. The van der Waals surface area contributed by atoms with E-state index < -0.39 is 0 Å². The van der Waals surface area contributed by atoms with E-state index in [9.17, 15) is 9.90 Å². The van der Waals surface area contributed by atoms with E-state index >= 15 is 0 Å². The van der Waals surface area contributed by atoms with Crippen LogP contribution in [0.5, 0.6) is 11.5 Å². The molecule has 0 aliphatic rings. The van der Waals surface area contributed by atoms with E-state index in [4.69, 9.17) is 4.74 Å². The first-order valence-electron chi connectivity index (χ1n) is 6.25. The van der Waals surface area contributed by atoms with Gasteiger partial charge in [-0.3, -0.25) is 4.79 Å². The molecule has 4 heteroatoms. The number of carbonyl (C=O) groups excluding carboxylic acids is 1. The minimum Gasteiger partial charge on any atom is -0.504 e. The molecule has 0 spiro atoms. The fourth-order valence-electron chi connectivity index (χ4n) is 1.99. The summed E-state index contributed by atoms with van der Waals surface area (Å²) in [6, 6.07) is 12.5. The fraction of sp³-hybridized carbons (Fsp3) is 0.188. The van der Waals surface area contributed by atoms with Crippen molar-refractivity contribution in [1.82, 2.24) is 0 Å². The normalized spacial score (nSPS) is 10.2. The smallest absolute Gasteiger partial charge is 0.261 e. The zero-order valence-corrected chi connectivity index (χ0v) is 11.8. The lowest BCUT2D eigenvalue weighted by molar-refractivity contribution is 0.0990. The summed E-state index contributed by atoms with van der Waals surface area (Å²) >= 11 is 0. The van der Waals surface area contributed by atoms with Crippen molar-refractivity contribution in [3.63, 3.8) is 0 Å². The Morgan fingerprint density at radius 2 is 1.90 bits per heavy atom. The number of ether oxygens (including phenoxy) is 1. The number of phenolic OH excluding ortho intramolecular Hbond substituents is 1. The van der Waals surface area contributed by atoms with E-state index in [1.807, 2.05) is 31.2 Å². The zero-order valence-electron chi connectivity index (χ0n) is 11.8. The van der Waals surface area contributed by atoms with Gasteiger partial charge in [-0.25, -0.2) is 0 Å². The van der Waals surface area contributed by atoms with Crippen LogP contribution in [-0.2, 0) is 0 Å². The minimum absolute atomic E-state index is 0.139. The van der Waals surface area contributed by atoms with Crippen LogP contribution in [0.3, 0.4) is 0 Å². The summed E-state index contributed by atoms with van der Waals surface area (Å²) in [6.45, 7) is 1.96. The van der Waals surface area contributed by atoms with Crippen LogP contribution in [-0.4, -0.2) is 25.2 Å². The standard InChI is InChI=1S/C16H17NO3/c1-11-6-4-7-12(10-11)17(2)16(19)13-8-5-9-14(20-3)15(13)18/h4-10,18H,1-3H3. The Morgan fingerprint density at radius 1 is 1.20 bits per heavy atom. The number of anilines is 1. The van der Waals surface area contributed by atoms with E-state index in [0.717, 1.165) is 11.3 Å². The Bertz CT molecular complexity index is 637. The highest BCUT2D eigenvalue weighted by Gasteiger charge is 2.19. The third-order valence-corrected chi connectivity index (χ3v) is 3.14. The summed E-state index contributed by atoms with van der Waals surface area (Å²) in [5, 5.41) is 10.0. The molecular weight excluding hydrogens is 254 g/mol. The summed E-state index contributed by atoms with van der Waals surface area (Å²) in [6.07, 6.45) is 0. The predicted molar refractivity (Wildman–Crippen MR) is 78.6 cm³/mol. The van der Waals surface area contributed by atoms with Crippen LogP contribution in [0.1, 0.15) is 15.9 Å². The van der Waals surface area contributed by atoms with Gasteiger partial charge in [0.1, 0.15) is 0 Å². The van der Waals surface area contributed by atoms with Gasteiger partial charge in [-0.05, 0) is 36.8 Å². The number of hydrogen-bond acceptors (Lipinski definition) is 3. The highest BCUT2D eigenvalue weighted by atomic mass is 16.5. The van der Waals surface area contributed by atoms with Crippen LogP contribution in [0.2, 0.25) is 0 Å². The van der Waals surface area contributed by atoms with Gasteiger partial charge in [0.2, 0.25) is 0 Å². The molecule has 2 rings (SSSR count). The lowest BCUT2D eigenvalue weighted by Crippen LogP contribution is -2.26. The Labute approximate surface area is 118 Å². The lowest BCUT2D eigenvalue weighted by Gasteiger charge is -2.19. The van der Waals surface area contributed by atoms with Crippen molar-refractivity contribution in [2.45, 2.75) is 6.92 Å². The van der Waals surface area contributed by atoms with E-state index in [-0.39, 0.29) is 23.0 Å². The second-order valence-corrected chi connectivity index (χ2v) is 4.56. The number of nitrogens with zero attached hydrogens (tertiary/aromatic N) is 1. The van der Waals surface area contributed by atoms with E-state index in [1.54, 1.807) is 25.2 Å². The molecule has 1 amide bonds. The monoisotopic (exact) mass is 271 g/mol. The van der Waals surface area contributed by atoms with Crippen LogP contribution < -0.4 is 9.64 Å². The van der Waals surface area contributed by atoms with Gasteiger partial charge in [-0.15, -0.1) is 0 Å². The van der Waals surface area contributed by atoms with Gasteiger partial charge in [0, 0.05) is 12.7 Å². The molecule has 2 aromatic carbocycles. The summed E-state index contributed by atoms with van der Waals surface area (Å²) < 4.78 is 5.02. The maximum Gasteiger partial charge on any atom is 0.261 e. The molecule has 2 aromatic rings. The second kappa shape index (κ2) is 5.65. The fourth-order valence-corrected chi connectivity index (χ4v) is 1.99. The van der Waals surface area contributed by atoms with Gasteiger partial charge in [-0.2, -0.15) is 0 Å². The maximum atomic E-state index is 12.5. The van der Waals surface area contributed by atoms with Crippen molar-refractivity contribution in [2.24, 2.45) is 0 Å². The highest BCUT2D eigenvalue weighted by Crippen LogP contribution is 2.31. The Hall–Kier alpha value is -2.49. The van der Waals surface area contributed by atoms with Gasteiger partial charge in [-0.1, -0.05) is 18.2 Å². The molecule has 0 aromatic heterocycles. The number of benzene rings is 2. The minimum atomic E-state index is -0.285. The number of para-hydroxylation sites is 1. The molecule has 4 nitrogen and oxygen atoms in total. The Balaban J connectivity index is 2.36. The number of aromatic hydroxyl groups is 1. The number of methoxy groups -OCH3 is 1. The van der Waals surface area contributed by atoms with Crippen molar-refractivity contribution < 1.29 is 14.6 Å². The zero-order chi connectivity index (χ0) is 14.7. The average Bonchev–Trinajstić information content (AvgIpc) is 2.46. The summed E-state index contributed by atoms with van der Waals surface area (Å²) in [5.41, 5.74) is 2.06. The molecule has 0 radical (unpaired) electrons. The number of hydrogen-bond donors (Lipinski definition) is 1. The molecule has 0 aliphatic carbocycles. The first-order valence-corrected chi connectivity index (χ1v) is 6.25. The molecule has 0 saturated carbocycles. The Kier molecular flexibility index (Phi) is 3.94. The van der Waals surface area contributed by atoms with Crippen LogP contribution in [0.15, 0.2) is 42.5 Å². The van der Waals surface area contributed by atoms with Gasteiger partial charge in [0.15, 0.2) is 11.5 Å². The molecule has 0 atom stereocenters. The SMILES string of the molecule is COc1cccc(C(=O)N(C)c2cccc(C)c2)c1O. The van der Waals surface area contributed by atoms with Gasteiger partial charge >= 0.3 is 0 Å². The maximum absolute atomic E-state index is 12.5. The first kappa shape index (κ1) is 13.9. The predicted octanol–water partition coefficient (Wildman–Crippen LogP) is 2.99. The third kappa shape index (κ3) is 2.59. The van der Waals surface area contributed by atoms with Crippen LogP contribution in [0, 0.1) is 6.92 Å². The molecule has 0 saturated heterocycles. The second-order valence-electron chi connectivity index (χ2n) is 4.56. The van der Waals surface area contributed by atoms with E-state index in [1.165, 1.54) is 12.0 Å². The number of carbonyl (C=O) groups is 1. The van der Waals surface area contributed by atoms with E-state index in [2.05, 4.69) is 0 Å². The van der Waals surface area contributed by atoms with Crippen molar-refractivity contribution in [1.29, 1.82) is 0 Å². The first-order chi connectivity index (χ1) is 9.54. The highest BCUT2D eigenvalue weighted by molar-refractivity contribution is 6.08. The largest absolute Gasteiger partial charge is 0.504 e. The molecule has 0 unspecified atom stereocenters. The molecule has 1 N–H and O–H groups in total. The van der Waals surface area contributed by atoms with Crippen molar-refractivity contribution in [3.8, 4) is 11.5 Å². The summed E-state index contributed by atoms with van der Waals surface area (Å²) in [5.74, 6) is -0.139. The summed E-state index contributed by atoms with van der Waals surface area (Å²) in [7, 11) is 3.13. The van der Waals surface area contributed by atoms with Crippen molar-refractivity contribution >= 4 is 11.6 Å². The van der Waals surface area contributed by atoms with Crippen LogP contribution >= 0.6 is 0 Å². The summed E-state index contributed by atoms with van der Waals surface area (Å²) in [4.78, 5) is 14.0. The van der Waals surface area contributed by atoms with Crippen molar-refractivity contribution in [2.75, 3.05) is 19.1 Å². The van der Waals surface area contributed by atoms with Crippen LogP contribution in [0.4, 0.5) is 5.69 Å². The van der Waals surface area contributed by atoms with Crippen molar-refractivity contribution in [3.05, 3.63) is 53.6 Å².